The van der Waals surface area contributed by atoms with Crippen LogP contribution in [0.5, 0.6) is 0 Å². The lowest BCUT2D eigenvalue weighted by atomic mass is 10.0. The maximum absolute atomic E-state index is 11.0. The van der Waals surface area contributed by atoms with Crippen LogP contribution < -0.4 is 5.43 Å². The zero-order valence-corrected chi connectivity index (χ0v) is 11.9. The maximum Gasteiger partial charge on any atom is 0.301 e. The minimum absolute atomic E-state index is 0.153. The van der Waals surface area contributed by atoms with Crippen molar-refractivity contribution in [3.63, 3.8) is 0 Å². The van der Waals surface area contributed by atoms with Crippen LogP contribution in [-0.2, 0) is 0 Å². The number of allylic oxidation sites excluding steroid dienone is 2. The van der Waals surface area contributed by atoms with Gasteiger partial charge in [-0.2, -0.15) is 5.10 Å². The fraction of sp³-hybridized carbons (Fsp3) is 0.357. The minimum Gasteiger partial charge on any atom is -0.272 e. The predicted molar refractivity (Wildman–Crippen MR) is 83.0 cm³/mol. The second-order valence-electron chi connectivity index (χ2n) is 4.91. The van der Waals surface area contributed by atoms with Crippen LogP contribution in [0, 0.1) is 20.2 Å². The Kier molecular flexibility index (Phi) is 5.18. The first kappa shape index (κ1) is 15.6. The van der Waals surface area contributed by atoms with Gasteiger partial charge in [-0.25, -0.2) is 0 Å². The van der Waals surface area contributed by atoms with E-state index in [4.69, 9.17) is 0 Å². The van der Waals surface area contributed by atoms with Crippen LogP contribution in [0.25, 0.3) is 0 Å². The van der Waals surface area contributed by atoms with Crippen molar-refractivity contribution in [2.24, 2.45) is 5.10 Å². The van der Waals surface area contributed by atoms with E-state index in [-0.39, 0.29) is 17.1 Å². The number of hydrazone groups is 1. The molecular weight excluding hydrogens is 288 g/mol. The normalized spacial score (nSPS) is 16.8. The van der Waals surface area contributed by atoms with Crippen molar-refractivity contribution in [2.75, 3.05) is 5.43 Å². The zero-order valence-electron chi connectivity index (χ0n) is 11.9. The highest BCUT2D eigenvalue weighted by atomic mass is 16.6. The van der Waals surface area contributed by atoms with Crippen LogP contribution in [0.3, 0.4) is 0 Å². The standard InChI is InChI=1S/C14H16N4O4/c19-17(20)12-8-9-13(14(10-12)18(21)22)16-15-11-6-4-2-1-3-5-7-11/h1-2,8-10,16H,3-7H2/b2-1?,15-11+. The summed E-state index contributed by atoms with van der Waals surface area (Å²) in [7, 11) is 0. The largest absolute Gasteiger partial charge is 0.301 e. The number of anilines is 1. The molecule has 8 nitrogen and oxygen atoms in total. The average Bonchev–Trinajstić information content (AvgIpc) is 2.45. The van der Waals surface area contributed by atoms with Crippen LogP contribution in [0.4, 0.5) is 17.1 Å². The van der Waals surface area contributed by atoms with Gasteiger partial charge in [0.2, 0.25) is 0 Å². The first-order valence-electron chi connectivity index (χ1n) is 6.97. The van der Waals surface area contributed by atoms with Gasteiger partial charge in [-0.3, -0.25) is 25.7 Å². The summed E-state index contributed by atoms with van der Waals surface area (Å²) in [5.74, 6) is 0. The number of benzene rings is 1. The summed E-state index contributed by atoms with van der Waals surface area (Å²) in [4.78, 5) is 20.4. The van der Waals surface area contributed by atoms with E-state index < -0.39 is 9.85 Å². The molecule has 0 atom stereocenters. The third-order valence-electron chi connectivity index (χ3n) is 3.33. The van der Waals surface area contributed by atoms with Crippen molar-refractivity contribution in [2.45, 2.75) is 32.1 Å². The van der Waals surface area contributed by atoms with Crippen LogP contribution in [0.15, 0.2) is 35.5 Å². The third-order valence-corrected chi connectivity index (χ3v) is 3.33. The number of rotatable bonds is 4. The SMILES string of the molecule is O=[N+]([O-])c1ccc(N/N=C2\CCC=CCCC2)c([N+](=O)[O-])c1. The summed E-state index contributed by atoms with van der Waals surface area (Å²) < 4.78 is 0. The molecule has 0 fully saturated rings. The molecule has 0 aliphatic heterocycles. The molecule has 2 rings (SSSR count). The van der Waals surface area contributed by atoms with Gasteiger partial charge in [-0.05, 0) is 38.2 Å². The molecule has 1 aliphatic rings. The quantitative estimate of drug-likeness (QED) is 0.516. The van der Waals surface area contributed by atoms with Gasteiger partial charge < -0.3 is 0 Å². The number of nitro benzene ring substituents is 2. The molecule has 0 bridgehead atoms. The van der Waals surface area contributed by atoms with E-state index in [1.54, 1.807) is 0 Å². The van der Waals surface area contributed by atoms with Gasteiger partial charge in [-0.15, -0.1) is 0 Å². The summed E-state index contributed by atoms with van der Waals surface area (Å²) in [6.07, 6.45) is 8.75. The van der Waals surface area contributed by atoms with Crippen molar-refractivity contribution in [3.8, 4) is 0 Å². The van der Waals surface area contributed by atoms with Crippen LogP contribution in [0.1, 0.15) is 32.1 Å². The lowest BCUT2D eigenvalue weighted by molar-refractivity contribution is -0.393. The Bertz CT molecular complexity index is 640. The molecule has 1 aliphatic carbocycles. The van der Waals surface area contributed by atoms with Crippen LogP contribution in [-0.4, -0.2) is 15.6 Å². The van der Waals surface area contributed by atoms with Crippen LogP contribution in [0.2, 0.25) is 0 Å². The van der Waals surface area contributed by atoms with Crippen molar-refractivity contribution in [3.05, 3.63) is 50.6 Å². The molecular formula is C14H16N4O4. The Balaban J connectivity index is 2.19. The van der Waals surface area contributed by atoms with Crippen molar-refractivity contribution >= 4 is 22.8 Å². The fourth-order valence-electron chi connectivity index (χ4n) is 2.16. The second kappa shape index (κ2) is 7.30. The Labute approximate surface area is 126 Å². The third kappa shape index (κ3) is 4.11. The molecule has 22 heavy (non-hydrogen) atoms. The van der Waals surface area contributed by atoms with Crippen LogP contribution >= 0.6 is 0 Å². The second-order valence-corrected chi connectivity index (χ2v) is 4.91. The number of nitro groups is 2. The molecule has 0 radical (unpaired) electrons. The molecule has 0 spiro atoms. The number of nitrogens with one attached hydrogen (secondary N) is 1. The Hall–Kier alpha value is -2.77. The summed E-state index contributed by atoms with van der Waals surface area (Å²) in [6, 6.07) is 3.46. The first-order valence-corrected chi connectivity index (χ1v) is 6.97. The molecule has 1 aromatic carbocycles. The highest BCUT2D eigenvalue weighted by Crippen LogP contribution is 2.29. The van der Waals surface area contributed by atoms with E-state index in [0.29, 0.717) is 0 Å². The molecule has 116 valence electrons. The molecule has 0 aromatic heterocycles. The highest BCUT2D eigenvalue weighted by Gasteiger charge is 2.19. The minimum atomic E-state index is -0.663. The smallest absolute Gasteiger partial charge is 0.272 e. The average molecular weight is 304 g/mol. The number of non-ortho nitro benzene ring substituents is 1. The maximum atomic E-state index is 11.0. The van der Waals surface area contributed by atoms with Crippen molar-refractivity contribution < 1.29 is 9.85 Å². The van der Waals surface area contributed by atoms with Crippen molar-refractivity contribution in [1.82, 2.24) is 0 Å². The molecule has 0 saturated heterocycles. The Morgan fingerprint density at radius 3 is 2.55 bits per heavy atom. The van der Waals surface area contributed by atoms with E-state index in [1.165, 1.54) is 12.1 Å². The Morgan fingerprint density at radius 2 is 1.82 bits per heavy atom. The van der Waals surface area contributed by atoms with Gasteiger partial charge in [0.1, 0.15) is 5.69 Å². The molecule has 0 saturated carbocycles. The van der Waals surface area contributed by atoms with E-state index in [9.17, 15) is 20.2 Å². The molecule has 1 N–H and O–H groups in total. The van der Waals surface area contributed by atoms with Gasteiger partial charge in [0.25, 0.3) is 5.69 Å². The zero-order chi connectivity index (χ0) is 15.9. The summed E-state index contributed by atoms with van der Waals surface area (Å²) >= 11 is 0. The van der Waals surface area contributed by atoms with E-state index in [2.05, 4.69) is 22.7 Å². The molecule has 0 amide bonds. The molecule has 0 unspecified atom stereocenters. The topological polar surface area (TPSA) is 111 Å². The van der Waals surface area contributed by atoms with Gasteiger partial charge in [0, 0.05) is 11.8 Å². The number of hydrogen-bond acceptors (Lipinski definition) is 6. The molecule has 1 aromatic rings. The van der Waals surface area contributed by atoms with Gasteiger partial charge in [0.05, 0.1) is 15.9 Å². The van der Waals surface area contributed by atoms with Gasteiger partial charge in [0.15, 0.2) is 0 Å². The van der Waals surface area contributed by atoms with Gasteiger partial charge in [-0.1, -0.05) is 12.2 Å². The Morgan fingerprint density at radius 1 is 1.05 bits per heavy atom. The number of hydrogen-bond donors (Lipinski definition) is 1. The van der Waals surface area contributed by atoms with Crippen molar-refractivity contribution in [1.29, 1.82) is 0 Å². The van der Waals surface area contributed by atoms with E-state index in [0.717, 1.165) is 43.9 Å². The van der Waals surface area contributed by atoms with E-state index in [1.807, 2.05) is 0 Å². The fourth-order valence-corrected chi connectivity index (χ4v) is 2.16. The monoisotopic (exact) mass is 304 g/mol. The van der Waals surface area contributed by atoms with E-state index >= 15 is 0 Å². The number of nitrogens with zero attached hydrogens (tertiary/aromatic N) is 3. The lowest BCUT2D eigenvalue weighted by Crippen LogP contribution is -2.05. The summed E-state index contributed by atoms with van der Waals surface area (Å²) in [5.41, 5.74) is 3.10. The van der Waals surface area contributed by atoms with Gasteiger partial charge >= 0.3 is 5.69 Å². The summed E-state index contributed by atoms with van der Waals surface area (Å²) in [6.45, 7) is 0. The predicted octanol–water partition coefficient (Wildman–Crippen LogP) is 3.79. The summed E-state index contributed by atoms with van der Waals surface area (Å²) in [5, 5.41) is 26.0. The first-order chi connectivity index (χ1) is 10.6. The molecule has 8 heteroatoms. The lowest BCUT2D eigenvalue weighted by Gasteiger charge is -2.08. The highest BCUT2D eigenvalue weighted by molar-refractivity contribution is 5.85. The molecule has 0 heterocycles.